The summed E-state index contributed by atoms with van der Waals surface area (Å²) in [6.45, 7) is 2.25. The lowest BCUT2D eigenvalue weighted by Gasteiger charge is -2.11. The van der Waals surface area contributed by atoms with E-state index in [2.05, 4.69) is 0 Å². The molecule has 3 heteroatoms. The predicted molar refractivity (Wildman–Crippen MR) is 62.6 cm³/mol. The lowest BCUT2D eigenvalue weighted by Crippen LogP contribution is -2.03. The molecule has 1 atom stereocenters. The number of ether oxygens (including phenoxy) is 1. The number of benzene rings is 1. The van der Waals surface area contributed by atoms with E-state index in [1.165, 1.54) is 0 Å². The monoisotopic (exact) mass is 228 g/mol. The Morgan fingerprint density at radius 2 is 2.20 bits per heavy atom. The first kappa shape index (κ1) is 12.3. The fourth-order valence-electron chi connectivity index (χ4n) is 1.44. The molecule has 0 saturated heterocycles. The first-order valence-corrected chi connectivity index (χ1v) is 5.48. The number of aliphatic hydroxyl groups is 1. The van der Waals surface area contributed by atoms with Crippen LogP contribution in [0.1, 0.15) is 18.9 Å². The van der Waals surface area contributed by atoms with Crippen LogP contribution in [0.15, 0.2) is 18.2 Å². The van der Waals surface area contributed by atoms with E-state index in [0.717, 1.165) is 29.2 Å². The highest BCUT2D eigenvalue weighted by Gasteiger charge is 2.06. The molecule has 0 radical (unpaired) electrons. The minimum atomic E-state index is 0.225. The highest BCUT2D eigenvalue weighted by atomic mass is 35.5. The molecule has 0 aliphatic heterocycles. The van der Waals surface area contributed by atoms with E-state index < -0.39 is 0 Å². The van der Waals surface area contributed by atoms with Crippen molar-refractivity contribution in [3.8, 4) is 5.75 Å². The van der Waals surface area contributed by atoms with E-state index in [9.17, 15) is 0 Å². The van der Waals surface area contributed by atoms with Crippen LogP contribution in [0, 0.1) is 5.92 Å². The summed E-state index contributed by atoms with van der Waals surface area (Å²) >= 11 is 5.92. The number of hydrogen-bond donors (Lipinski definition) is 1. The van der Waals surface area contributed by atoms with E-state index >= 15 is 0 Å². The number of aliphatic hydroxyl groups excluding tert-OH is 1. The SMILES string of the molecule is COc1ccc(Cl)cc1CCC(C)CO. The Morgan fingerprint density at radius 3 is 2.80 bits per heavy atom. The molecule has 1 aromatic rings. The molecule has 0 spiro atoms. The van der Waals surface area contributed by atoms with Crippen molar-refractivity contribution in [3.63, 3.8) is 0 Å². The number of rotatable bonds is 5. The molecule has 0 fully saturated rings. The average molecular weight is 229 g/mol. The van der Waals surface area contributed by atoms with Crippen molar-refractivity contribution in [2.75, 3.05) is 13.7 Å². The number of methoxy groups -OCH3 is 1. The van der Waals surface area contributed by atoms with Gasteiger partial charge in [0.1, 0.15) is 5.75 Å². The Hall–Kier alpha value is -0.730. The summed E-state index contributed by atoms with van der Waals surface area (Å²) in [7, 11) is 1.65. The maximum absolute atomic E-state index is 8.94. The second-order valence-corrected chi connectivity index (χ2v) is 4.22. The van der Waals surface area contributed by atoms with Gasteiger partial charge < -0.3 is 9.84 Å². The van der Waals surface area contributed by atoms with Gasteiger partial charge in [0, 0.05) is 11.6 Å². The molecule has 0 aromatic heterocycles. The minimum Gasteiger partial charge on any atom is -0.496 e. The largest absolute Gasteiger partial charge is 0.496 e. The number of halogens is 1. The van der Waals surface area contributed by atoms with Gasteiger partial charge in [-0.1, -0.05) is 18.5 Å². The zero-order chi connectivity index (χ0) is 11.3. The van der Waals surface area contributed by atoms with Crippen LogP contribution in [-0.4, -0.2) is 18.8 Å². The Morgan fingerprint density at radius 1 is 1.47 bits per heavy atom. The molecule has 84 valence electrons. The summed E-state index contributed by atoms with van der Waals surface area (Å²) in [6, 6.07) is 5.62. The molecule has 1 rings (SSSR count). The van der Waals surface area contributed by atoms with Crippen LogP contribution in [0.25, 0.3) is 0 Å². The van der Waals surface area contributed by atoms with E-state index in [1.54, 1.807) is 7.11 Å². The lowest BCUT2D eigenvalue weighted by molar-refractivity contribution is 0.230. The molecule has 0 saturated carbocycles. The Bertz CT molecular complexity index is 312. The first-order valence-electron chi connectivity index (χ1n) is 5.10. The minimum absolute atomic E-state index is 0.225. The zero-order valence-electron chi connectivity index (χ0n) is 9.16. The molecule has 2 nitrogen and oxygen atoms in total. The van der Waals surface area contributed by atoms with Crippen LogP contribution in [0.2, 0.25) is 5.02 Å². The van der Waals surface area contributed by atoms with Crippen LogP contribution in [0.5, 0.6) is 5.75 Å². The Balaban J connectivity index is 2.69. The maximum Gasteiger partial charge on any atom is 0.122 e. The smallest absolute Gasteiger partial charge is 0.122 e. The van der Waals surface area contributed by atoms with Crippen molar-refractivity contribution in [1.82, 2.24) is 0 Å². The predicted octanol–water partition coefficient (Wildman–Crippen LogP) is 2.91. The van der Waals surface area contributed by atoms with Gasteiger partial charge in [-0.2, -0.15) is 0 Å². The molecule has 15 heavy (non-hydrogen) atoms. The lowest BCUT2D eigenvalue weighted by atomic mass is 10.0. The molecule has 1 N–H and O–H groups in total. The van der Waals surface area contributed by atoms with Gasteiger partial charge in [-0.3, -0.25) is 0 Å². The van der Waals surface area contributed by atoms with Gasteiger partial charge in [0.05, 0.1) is 7.11 Å². The first-order chi connectivity index (χ1) is 7.17. The maximum atomic E-state index is 8.94. The van der Waals surface area contributed by atoms with Crippen LogP contribution in [-0.2, 0) is 6.42 Å². The topological polar surface area (TPSA) is 29.5 Å². The van der Waals surface area contributed by atoms with Gasteiger partial charge in [-0.25, -0.2) is 0 Å². The quantitative estimate of drug-likeness (QED) is 0.840. The molecule has 1 unspecified atom stereocenters. The fraction of sp³-hybridized carbons (Fsp3) is 0.500. The van der Waals surface area contributed by atoms with Gasteiger partial charge in [-0.05, 0) is 42.5 Å². The number of hydrogen-bond acceptors (Lipinski definition) is 2. The van der Waals surface area contributed by atoms with E-state index in [0.29, 0.717) is 5.92 Å². The summed E-state index contributed by atoms with van der Waals surface area (Å²) in [6.07, 6.45) is 1.82. The second-order valence-electron chi connectivity index (χ2n) is 3.78. The summed E-state index contributed by atoms with van der Waals surface area (Å²) < 4.78 is 5.25. The van der Waals surface area contributed by atoms with Crippen molar-refractivity contribution in [2.45, 2.75) is 19.8 Å². The van der Waals surface area contributed by atoms with Crippen molar-refractivity contribution < 1.29 is 9.84 Å². The summed E-state index contributed by atoms with van der Waals surface area (Å²) in [4.78, 5) is 0. The van der Waals surface area contributed by atoms with E-state index in [-0.39, 0.29) is 6.61 Å². The second kappa shape index (κ2) is 5.99. The third kappa shape index (κ3) is 3.73. The van der Waals surface area contributed by atoms with Gasteiger partial charge in [-0.15, -0.1) is 0 Å². The van der Waals surface area contributed by atoms with Crippen LogP contribution < -0.4 is 4.74 Å². The summed E-state index contributed by atoms with van der Waals surface area (Å²) in [5, 5.41) is 9.66. The normalized spacial score (nSPS) is 12.5. The van der Waals surface area contributed by atoms with Crippen LogP contribution >= 0.6 is 11.6 Å². The Labute approximate surface area is 95.8 Å². The van der Waals surface area contributed by atoms with Crippen molar-refractivity contribution in [3.05, 3.63) is 28.8 Å². The molecule has 0 aliphatic rings. The highest BCUT2D eigenvalue weighted by Crippen LogP contribution is 2.24. The van der Waals surface area contributed by atoms with E-state index in [4.69, 9.17) is 21.4 Å². The van der Waals surface area contributed by atoms with Crippen molar-refractivity contribution in [2.24, 2.45) is 5.92 Å². The van der Waals surface area contributed by atoms with Crippen molar-refractivity contribution in [1.29, 1.82) is 0 Å². The molecular formula is C12H17ClO2. The molecule has 0 aliphatic carbocycles. The van der Waals surface area contributed by atoms with Crippen LogP contribution in [0.4, 0.5) is 0 Å². The summed E-state index contributed by atoms with van der Waals surface area (Å²) in [5.74, 6) is 1.18. The average Bonchev–Trinajstić information content (AvgIpc) is 2.26. The molecule has 0 amide bonds. The van der Waals surface area contributed by atoms with E-state index in [1.807, 2.05) is 25.1 Å². The van der Waals surface area contributed by atoms with Gasteiger partial charge in [0.2, 0.25) is 0 Å². The standard InChI is InChI=1S/C12H17ClO2/c1-9(8-14)3-4-10-7-11(13)5-6-12(10)15-2/h5-7,9,14H,3-4,8H2,1-2H3. The van der Waals surface area contributed by atoms with Crippen molar-refractivity contribution >= 4 is 11.6 Å². The van der Waals surface area contributed by atoms with Crippen LogP contribution in [0.3, 0.4) is 0 Å². The molecular weight excluding hydrogens is 212 g/mol. The van der Waals surface area contributed by atoms with Gasteiger partial charge >= 0.3 is 0 Å². The summed E-state index contributed by atoms with van der Waals surface area (Å²) in [5.41, 5.74) is 1.10. The number of aryl methyl sites for hydroxylation is 1. The molecule has 0 heterocycles. The Kier molecular flexibility index (Phi) is 4.92. The third-order valence-corrected chi connectivity index (χ3v) is 2.70. The van der Waals surface area contributed by atoms with Gasteiger partial charge in [0.25, 0.3) is 0 Å². The molecule has 0 bridgehead atoms. The van der Waals surface area contributed by atoms with Gasteiger partial charge in [0.15, 0.2) is 0 Å². The molecule has 1 aromatic carbocycles. The highest BCUT2D eigenvalue weighted by molar-refractivity contribution is 6.30. The zero-order valence-corrected chi connectivity index (χ0v) is 9.92. The fourth-order valence-corrected chi connectivity index (χ4v) is 1.63. The third-order valence-electron chi connectivity index (χ3n) is 2.46.